The summed E-state index contributed by atoms with van der Waals surface area (Å²) >= 11 is 0. The predicted octanol–water partition coefficient (Wildman–Crippen LogP) is -0.952. The molecule has 0 spiro atoms. The van der Waals surface area contributed by atoms with Crippen LogP contribution in [-0.4, -0.2) is 46.8 Å². The van der Waals surface area contributed by atoms with Gasteiger partial charge in [-0.1, -0.05) is 0 Å². The number of carbonyl (C=O) groups excluding carboxylic acids is 1. The Morgan fingerprint density at radius 3 is 2.73 bits per heavy atom. The summed E-state index contributed by atoms with van der Waals surface area (Å²) in [4.78, 5) is 13.7. The molecule has 0 bridgehead atoms. The Kier molecular flexibility index (Phi) is 2.59. The van der Waals surface area contributed by atoms with Crippen molar-refractivity contribution in [2.24, 2.45) is 7.05 Å². The van der Waals surface area contributed by atoms with E-state index in [1.807, 2.05) is 0 Å². The highest BCUT2D eigenvalue weighted by Crippen LogP contribution is 2.08. The van der Waals surface area contributed by atoms with Crippen LogP contribution in [0.2, 0.25) is 0 Å². The van der Waals surface area contributed by atoms with Gasteiger partial charge in [-0.3, -0.25) is 9.48 Å². The molecule has 1 aliphatic heterocycles. The van der Waals surface area contributed by atoms with Crippen LogP contribution in [0, 0.1) is 0 Å². The molecule has 1 aliphatic rings. The summed E-state index contributed by atoms with van der Waals surface area (Å²) in [6.45, 7) is 3.15. The average molecular weight is 209 g/mol. The van der Waals surface area contributed by atoms with Gasteiger partial charge in [0.1, 0.15) is 5.82 Å². The van der Waals surface area contributed by atoms with Crippen molar-refractivity contribution in [1.82, 2.24) is 20.0 Å². The molecular formula is C9H15N5O. The zero-order valence-corrected chi connectivity index (χ0v) is 8.73. The number of nitrogens with zero attached hydrogens (tertiary/aromatic N) is 3. The molecule has 0 atom stereocenters. The largest absolute Gasteiger partial charge is 0.384 e. The number of aromatic nitrogens is 2. The maximum Gasteiger partial charge on any atom is 0.274 e. The first-order chi connectivity index (χ1) is 7.18. The Morgan fingerprint density at radius 1 is 1.53 bits per heavy atom. The topological polar surface area (TPSA) is 76.2 Å². The van der Waals surface area contributed by atoms with Gasteiger partial charge in [0.25, 0.3) is 5.91 Å². The van der Waals surface area contributed by atoms with E-state index in [1.165, 1.54) is 4.68 Å². The molecular weight excluding hydrogens is 194 g/mol. The number of carbonyl (C=O) groups is 1. The molecule has 15 heavy (non-hydrogen) atoms. The van der Waals surface area contributed by atoms with Crippen molar-refractivity contribution >= 4 is 11.7 Å². The van der Waals surface area contributed by atoms with E-state index in [2.05, 4.69) is 10.4 Å². The molecule has 3 N–H and O–H groups in total. The van der Waals surface area contributed by atoms with Gasteiger partial charge in [0.2, 0.25) is 0 Å². The van der Waals surface area contributed by atoms with Crippen molar-refractivity contribution in [2.75, 3.05) is 31.9 Å². The van der Waals surface area contributed by atoms with Crippen LogP contribution < -0.4 is 11.1 Å². The van der Waals surface area contributed by atoms with Gasteiger partial charge in [-0.15, -0.1) is 0 Å². The Hall–Kier alpha value is -1.56. The molecule has 6 heteroatoms. The SMILES string of the molecule is Cn1nc(C(=O)N2CCNCC2)cc1N. The van der Waals surface area contributed by atoms with E-state index in [4.69, 9.17) is 5.73 Å². The van der Waals surface area contributed by atoms with Crippen LogP contribution in [0.1, 0.15) is 10.5 Å². The van der Waals surface area contributed by atoms with E-state index in [-0.39, 0.29) is 5.91 Å². The van der Waals surface area contributed by atoms with Crippen LogP contribution in [0.4, 0.5) is 5.82 Å². The summed E-state index contributed by atoms with van der Waals surface area (Å²) in [5.41, 5.74) is 6.05. The second-order valence-electron chi connectivity index (χ2n) is 3.62. The van der Waals surface area contributed by atoms with Crippen molar-refractivity contribution in [3.05, 3.63) is 11.8 Å². The molecule has 82 valence electrons. The zero-order valence-electron chi connectivity index (χ0n) is 8.73. The summed E-state index contributed by atoms with van der Waals surface area (Å²) in [7, 11) is 1.73. The van der Waals surface area contributed by atoms with E-state index in [1.54, 1.807) is 18.0 Å². The fourth-order valence-electron chi connectivity index (χ4n) is 1.62. The average Bonchev–Trinajstić information content (AvgIpc) is 2.59. The number of nitrogen functional groups attached to an aromatic ring is 1. The van der Waals surface area contributed by atoms with Crippen LogP contribution in [0.3, 0.4) is 0 Å². The number of hydrogen-bond acceptors (Lipinski definition) is 4. The quantitative estimate of drug-likeness (QED) is 0.625. The summed E-state index contributed by atoms with van der Waals surface area (Å²) in [5, 5.41) is 7.26. The van der Waals surface area contributed by atoms with E-state index >= 15 is 0 Å². The van der Waals surface area contributed by atoms with Gasteiger partial charge in [0.15, 0.2) is 5.69 Å². The Morgan fingerprint density at radius 2 is 2.20 bits per heavy atom. The van der Waals surface area contributed by atoms with Gasteiger partial charge >= 0.3 is 0 Å². The number of nitrogens with one attached hydrogen (secondary N) is 1. The highest BCUT2D eigenvalue weighted by Gasteiger charge is 2.20. The molecule has 6 nitrogen and oxygen atoms in total. The van der Waals surface area contributed by atoms with Crippen LogP contribution in [-0.2, 0) is 7.05 Å². The van der Waals surface area contributed by atoms with E-state index in [9.17, 15) is 4.79 Å². The van der Waals surface area contributed by atoms with Crippen LogP contribution in [0.25, 0.3) is 0 Å². The summed E-state index contributed by atoms with van der Waals surface area (Å²) < 4.78 is 1.51. The molecule has 2 rings (SSSR count). The summed E-state index contributed by atoms with van der Waals surface area (Å²) in [6.07, 6.45) is 0. The second kappa shape index (κ2) is 3.90. The van der Waals surface area contributed by atoms with Crippen molar-refractivity contribution in [2.45, 2.75) is 0 Å². The third kappa shape index (κ3) is 1.94. The number of piperazine rings is 1. The highest BCUT2D eigenvalue weighted by atomic mass is 16.2. The van der Waals surface area contributed by atoms with Gasteiger partial charge < -0.3 is 16.0 Å². The third-order valence-corrected chi connectivity index (χ3v) is 2.54. The number of rotatable bonds is 1. The minimum Gasteiger partial charge on any atom is -0.384 e. The fraction of sp³-hybridized carbons (Fsp3) is 0.556. The summed E-state index contributed by atoms with van der Waals surface area (Å²) in [6, 6.07) is 1.62. The van der Waals surface area contributed by atoms with Crippen molar-refractivity contribution in [1.29, 1.82) is 0 Å². The first-order valence-corrected chi connectivity index (χ1v) is 4.98. The Labute approximate surface area is 88.0 Å². The first kappa shape index (κ1) is 9.97. The lowest BCUT2D eigenvalue weighted by Crippen LogP contribution is -2.46. The molecule has 1 fully saturated rings. The van der Waals surface area contributed by atoms with Gasteiger partial charge in [-0.25, -0.2) is 0 Å². The van der Waals surface area contributed by atoms with E-state index < -0.39 is 0 Å². The first-order valence-electron chi connectivity index (χ1n) is 4.98. The highest BCUT2D eigenvalue weighted by molar-refractivity contribution is 5.93. The molecule has 1 aromatic heterocycles. The lowest BCUT2D eigenvalue weighted by molar-refractivity contribution is 0.0729. The third-order valence-electron chi connectivity index (χ3n) is 2.54. The van der Waals surface area contributed by atoms with Crippen LogP contribution in [0.5, 0.6) is 0 Å². The lowest BCUT2D eigenvalue weighted by Gasteiger charge is -2.26. The van der Waals surface area contributed by atoms with Gasteiger partial charge in [0.05, 0.1) is 0 Å². The van der Waals surface area contributed by atoms with Gasteiger partial charge in [0, 0.05) is 39.3 Å². The molecule has 0 saturated carbocycles. The van der Waals surface area contributed by atoms with Crippen LogP contribution >= 0.6 is 0 Å². The second-order valence-corrected chi connectivity index (χ2v) is 3.62. The number of aryl methyl sites for hydroxylation is 1. The van der Waals surface area contributed by atoms with Gasteiger partial charge in [-0.2, -0.15) is 5.10 Å². The number of nitrogens with two attached hydrogens (primary N) is 1. The number of hydrogen-bond donors (Lipinski definition) is 2. The standard InChI is InChI=1S/C9H15N5O/c1-13-8(10)6-7(12-13)9(15)14-4-2-11-3-5-14/h6,11H,2-5,10H2,1H3. The predicted molar refractivity (Wildman–Crippen MR) is 56.4 cm³/mol. The smallest absolute Gasteiger partial charge is 0.274 e. The molecule has 2 heterocycles. The normalized spacial score (nSPS) is 16.7. The minimum absolute atomic E-state index is 0.0381. The molecule has 1 saturated heterocycles. The van der Waals surface area contributed by atoms with Crippen LogP contribution in [0.15, 0.2) is 6.07 Å². The minimum atomic E-state index is -0.0381. The van der Waals surface area contributed by atoms with Gasteiger partial charge in [-0.05, 0) is 0 Å². The zero-order chi connectivity index (χ0) is 10.8. The van der Waals surface area contributed by atoms with E-state index in [0.717, 1.165) is 26.2 Å². The van der Waals surface area contributed by atoms with E-state index in [0.29, 0.717) is 11.5 Å². The fourth-order valence-corrected chi connectivity index (χ4v) is 1.62. The molecule has 1 aromatic rings. The van der Waals surface area contributed by atoms with Crippen molar-refractivity contribution in [3.63, 3.8) is 0 Å². The van der Waals surface area contributed by atoms with Crippen molar-refractivity contribution < 1.29 is 4.79 Å². The lowest BCUT2D eigenvalue weighted by atomic mass is 10.3. The molecule has 0 radical (unpaired) electrons. The maximum absolute atomic E-state index is 11.9. The Balaban J connectivity index is 2.12. The summed E-state index contributed by atoms with van der Waals surface area (Å²) in [5.74, 6) is 0.470. The maximum atomic E-state index is 11.9. The molecule has 0 unspecified atom stereocenters. The molecule has 1 amide bonds. The van der Waals surface area contributed by atoms with Crippen molar-refractivity contribution in [3.8, 4) is 0 Å². The Bertz CT molecular complexity index is 347. The molecule has 0 aliphatic carbocycles. The number of anilines is 1. The molecule has 0 aromatic carbocycles. The number of amides is 1. The monoisotopic (exact) mass is 209 g/mol.